The third kappa shape index (κ3) is 1.92. The maximum atomic E-state index is 5.52. The van der Waals surface area contributed by atoms with Gasteiger partial charge in [0.25, 0.3) is 0 Å². The second-order valence-electron chi connectivity index (χ2n) is 3.59. The molecule has 1 aliphatic carbocycles. The van der Waals surface area contributed by atoms with Crippen molar-refractivity contribution in [2.45, 2.75) is 38.0 Å². The SMILES string of the molecule is CN1CCCC1ONC1CC1. The Kier molecular flexibility index (Phi) is 2.11. The van der Waals surface area contributed by atoms with Gasteiger partial charge in [0.05, 0.1) is 0 Å². The number of likely N-dealkylation sites (tertiary alicyclic amines) is 1. The molecule has 2 aliphatic rings. The highest BCUT2D eigenvalue weighted by molar-refractivity contribution is 4.78. The third-order valence-electron chi connectivity index (χ3n) is 2.40. The molecule has 0 aromatic rings. The van der Waals surface area contributed by atoms with Crippen molar-refractivity contribution in [1.82, 2.24) is 10.4 Å². The lowest BCUT2D eigenvalue weighted by atomic mass is 10.4. The molecule has 3 heteroatoms. The van der Waals surface area contributed by atoms with E-state index in [1.165, 1.54) is 32.2 Å². The van der Waals surface area contributed by atoms with Crippen molar-refractivity contribution in [1.29, 1.82) is 0 Å². The Morgan fingerprint density at radius 1 is 1.36 bits per heavy atom. The van der Waals surface area contributed by atoms with E-state index in [-0.39, 0.29) is 0 Å². The molecule has 1 saturated carbocycles. The molecule has 1 heterocycles. The third-order valence-corrected chi connectivity index (χ3v) is 2.40. The summed E-state index contributed by atoms with van der Waals surface area (Å²) < 4.78 is 0. The van der Waals surface area contributed by atoms with Gasteiger partial charge in [-0.2, -0.15) is 5.48 Å². The number of hydrogen-bond donors (Lipinski definition) is 1. The smallest absolute Gasteiger partial charge is 0.131 e. The maximum absolute atomic E-state index is 5.52. The van der Waals surface area contributed by atoms with Gasteiger partial charge < -0.3 is 0 Å². The number of hydroxylamine groups is 1. The predicted molar refractivity (Wildman–Crippen MR) is 42.9 cm³/mol. The van der Waals surface area contributed by atoms with Crippen LogP contribution in [0.25, 0.3) is 0 Å². The van der Waals surface area contributed by atoms with E-state index in [2.05, 4.69) is 17.4 Å². The first-order valence-corrected chi connectivity index (χ1v) is 4.47. The minimum absolute atomic E-state index is 0.329. The summed E-state index contributed by atoms with van der Waals surface area (Å²) in [4.78, 5) is 7.77. The van der Waals surface area contributed by atoms with Crippen LogP contribution in [-0.2, 0) is 4.84 Å². The van der Waals surface area contributed by atoms with Crippen LogP contribution in [0, 0.1) is 0 Å². The first-order valence-electron chi connectivity index (χ1n) is 4.47. The second kappa shape index (κ2) is 3.09. The number of rotatable bonds is 3. The van der Waals surface area contributed by atoms with Crippen LogP contribution in [0.2, 0.25) is 0 Å². The molecule has 1 saturated heterocycles. The van der Waals surface area contributed by atoms with Gasteiger partial charge >= 0.3 is 0 Å². The molecule has 3 nitrogen and oxygen atoms in total. The van der Waals surface area contributed by atoms with Crippen molar-refractivity contribution >= 4 is 0 Å². The lowest BCUT2D eigenvalue weighted by Gasteiger charge is -2.19. The zero-order chi connectivity index (χ0) is 7.68. The van der Waals surface area contributed by atoms with E-state index in [0.29, 0.717) is 12.3 Å². The van der Waals surface area contributed by atoms with E-state index in [1.807, 2.05) is 0 Å². The van der Waals surface area contributed by atoms with Crippen LogP contribution in [0.3, 0.4) is 0 Å². The molecule has 0 bridgehead atoms. The highest BCUT2D eigenvalue weighted by Crippen LogP contribution is 2.21. The molecule has 0 spiro atoms. The first kappa shape index (κ1) is 7.53. The average Bonchev–Trinajstić information content (AvgIpc) is 2.73. The molecule has 1 unspecified atom stereocenters. The summed E-state index contributed by atoms with van der Waals surface area (Å²) in [7, 11) is 2.12. The van der Waals surface area contributed by atoms with Crippen LogP contribution in [0.4, 0.5) is 0 Å². The Balaban J connectivity index is 1.67. The maximum Gasteiger partial charge on any atom is 0.131 e. The topological polar surface area (TPSA) is 24.5 Å². The van der Waals surface area contributed by atoms with Crippen LogP contribution in [-0.4, -0.2) is 30.8 Å². The van der Waals surface area contributed by atoms with Gasteiger partial charge in [-0.05, 0) is 32.7 Å². The van der Waals surface area contributed by atoms with Gasteiger partial charge in [0.15, 0.2) is 0 Å². The van der Waals surface area contributed by atoms with Gasteiger partial charge in [-0.25, -0.2) is 0 Å². The summed E-state index contributed by atoms with van der Waals surface area (Å²) in [5.41, 5.74) is 3.09. The van der Waals surface area contributed by atoms with E-state index < -0.39 is 0 Å². The molecular weight excluding hydrogens is 140 g/mol. The summed E-state index contributed by atoms with van der Waals surface area (Å²) in [5.74, 6) is 0. The molecule has 0 aromatic heterocycles. The van der Waals surface area contributed by atoms with Crippen molar-refractivity contribution < 1.29 is 4.84 Å². The van der Waals surface area contributed by atoms with Gasteiger partial charge in [0, 0.05) is 12.6 Å². The Morgan fingerprint density at radius 3 is 2.73 bits per heavy atom. The van der Waals surface area contributed by atoms with Crippen molar-refractivity contribution in [3.8, 4) is 0 Å². The second-order valence-corrected chi connectivity index (χ2v) is 3.59. The largest absolute Gasteiger partial charge is 0.282 e. The fraction of sp³-hybridized carbons (Fsp3) is 1.00. The highest BCUT2D eigenvalue weighted by Gasteiger charge is 2.26. The summed E-state index contributed by atoms with van der Waals surface area (Å²) in [6.07, 6.45) is 5.35. The van der Waals surface area contributed by atoms with Crippen LogP contribution in [0.5, 0.6) is 0 Å². The Labute approximate surface area is 67.7 Å². The molecule has 0 aromatic carbocycles. The van der Waals surface area contributed by atoms with Gasteiger partial charge in [-0.3, -0.25) is 9.74 Å². The quantitative estimate of drug-likeness (QED) is 0.609. The van der Waals surface area contributed by atoms with Crippen LogP contribution < -0.4 is 5.48 Å². The number of nitrogens with one attached hydrogen (secondary N) is 1. The van der Waals surface area contributed by atoms with Gasteiger partial charge in [-0.1, -0.05) is 0 Å². The Hall–Kier alpha value is -0.120. The molecule has 11 heavy (non-hydrogen) atoms. The molecule has 1 N–H and O–H groups in total. The van der Waals surface area contributed by atoms with E-state index in [4.69, 9.17) is 4.84 Å². The fourth-order valence-corrected chi connectivity index (χ4v) is 1.40. The lowest BCUT2D eigenvalue weighted by molar-refractivity contribution is -0.0861. The standard InChI is InChI=1S/C8H16N2O/c1-10-6-2-3-8(10)11-9-7-4-5-7/h7-9H,2-6H2,1H3. The molecule has 1 aliphatic heterocycles. The number of hydrogen-bond acceptors (Lipinski definition) is 3. The predicted octanol–water partition coefficient (Wildman–Crippen LogP) is 0.722. The van der Waals surface area contributed by atoms with Crippen molar-refractivity contribution in [3.05, 3.63) is 0 Å². The Bertz CT molecular complexity index is 136. The lowest BCUT2D eigenvalue weighted by Crippen LogP contribution is -2.33. The molecule has 2 fully saturated rings. The van der Waals surface area contributed by atoms with Crippen molar-refractivity contribution in [3.63, 3.8) is 0 Å². The fourth-order valence-electron chi connectivity index (χ4n) is 1.40. The summed E-state index contributed by atoms with van der Waals surface area (Å²) in [5, 5.41) is 0. The van der Waals surface area contributed by atoms with Crippen molar-refractivity contribution in [2.24, 2.45) is 0 Å². The number of nitrogens with zero attached hydrogens (tertiary/aromatic N) is 1. The molecule has 0 amide bonds. The zero-order valence-corrected chi connectivity index (χ0v) is 7.05. The average molecular weight is 156 g/mol. The highest BCUT2D eigenvalue weighted by atomic mass is 16.7. The van der Waals surface area contributed by atoms with Crippen LogP contribution in [0.1, 0.15) is 25.7 Å². The summed E-state index contributed by atoms with van der Waals surface area (Å²) >= 11 is 0. The first-order chi connectivity index (χ1) is 5.36. The van der Waals surface area contributed by atoms with Crippen LogP contribution >= 0.6 is 0 Å². The zero-order valence-electron chi connectivity index (χ0n) is 7.05. The van der Waals surface area contributed by atoms with Crippen LogP contribution in [0.15, 0.2) is 0 Å². The minimum Gasteiger partial charge on any atom is -0.282 e. The minimum atomic E-state index is 0.329. The summed E-state index contributed by atoms with van der Waals surface area (Å²) in [6.45, 7) is 1.18. The molecule has 2 rings (SSSR count). The van der Waals surface area contributed by atoms with E-state index in [9.17, 15) is 0 Å². The molecule has 0 radical (unpaired) electrons. The normalized spacial score (nSPS) is 33.0. The Morgan fingerprint density at radius 2 is 2.18 bits per heavy atom. The monoisotopic (exact) mass is 156 g/mol. The van der Waals surface area contributed by atoms with Gasteiger partial charge in [-0.15, -0.1) is 0 Å². The van der Waals surface area contributed by atoms with E-state index in [0.717, 1.165) is 0 Å². The van der Waals surface area contributed by atoms with Gasteiger partial charge in [0.2, 0.25) is 0 Å². The van der Waals surface area contributed by atoms with Crippen molar-refractivity contribution in [2.75, 3.05) is 13.6 Å². The molecular formula is C8H16N2O. The summed E-state index contributed by atoms with van der Waals surface area (Å²) in [6, 6.07) is 0.656. The molecule has 1 atom stereocenters. The van der Waals surface area contributed by atoms with E-state index >= 15 is 0 Å². The van der Waals surface area contributed by atoms with Gasteiger partial charge in [0.1, 0.15) is 6.23 Å². The molecule has 64 valence electrons. The van der Waals surface area contributed by atoms with E-state index in [1.54, 1.807) is 0 Å².